The normalized spacial score (nSPS) is 22.5. The molecule has 0 aliphatic carbocycles. The van der Waals surface area contributed by atoms with Crippen LogP contribution in [0.15, 0.2) is 24.3 Å². The van der Waals surface area contributed by atoms with Gasteiger partial charge < -0.3 is 15.6 Å². The van der Waals surface area contributed by atoms with Crippen molar-refractivity contribution < 1.29 is 14.6 Å². The standard InChI is InChI=1S/C15H19N3O3/c16-10-12-3-1-4-13(9-12)21-8-7-18-6-2-5-15(20,11-18)14(17)19/h1,3-4,9,20H,2,5-8,11H2,(H2,17,19)/t15-/m1/s1. The predicted octanol–water partition coefficient (Wildman–Crippen LogP) is 0.249. The number of ether oxygens (including phenoxy) is 1. The van der Waals surface area contributed by atoms with Gasteiger partial charge >= 0.3 is 0 Å². The largest absolute Gasteiger partial charge is 0.492 e. The smallest absolute Gasteiger partial charge is 0.250 e. The first-order valence-corrected chi connectivity index (χ1v) is 6.91. The summed E-state index contributed by atoms with van der Waals surface area (Å²) in [6.45, 7) is 2.05. The van der Waals surface area contributed by atoms with Crippen molar-refractivity contribution in [1.82, 2.24) is 4.90 Å². The first-order valence-electron chi connectivity index (χ1n) is 6.91. The van der Waals surface area contributed by atoms with Crippen LogP contribution in [0.2, 0.25) is 0 Å². The van der Waals surface area contributed by atoms with Gasteiger partial charge in [0.15, 0.2) is 5.60 Å². The summed E-state index contributed by atoms with van der Waals surface area (Å²) >= 11 is 0. The van der Waals surface area contributed by atoms with E-state index in [1.165, 1.54) is 0 Å². The number of aliphatic hydroxyl groups is 1. The van der Waals surface area contributed by atoms with Crippen molar-refractivity contribution in [2.75, 3.05) is 26.2 Å². The number of amides is 1. The van der Waals surface area contributed by atoms with E-state index in [9.17, 15) is 9.90 Å². The molecule has 1 amide bonds. The van der Waals surface area contributed by atoms with Crippen molar-refractivity contribution >= 4 is 5.91 Å². The molecule has 2 rings (SSSR count). The molecule has 112 valence electrons. The molecule has 0 unspecified atom stereocenters. The molecule has 1 fully saturated rings. The summed E-state index contributed by atoms with van der Waals surface area (Å²) in [5, 5.41) is 18.9. The Kier molecular flexibility index (Phi) is 4.78. The molecule has 0 aromatic heterocycles. The second kappa shape index (κ2) is 6.57. The highest BCUT2D eigenvalue weighted by Crippen LogP contribution is 2.20. The van der Waals surface area contributed by atoms with Gasteiger partial charge in [0.1, 0.15) is 12.4 Å². The summed E-state index contributed by atoms with van der Waals surface area (Å²) in [6, 6.07) is 9.00. The Balaban J connectivity index is 1.83. The number of nitrogens with two attached hydrogens (primary N) is 1. The average molecular weight is 289 g/mol. The fourth-order valence-corrected chi connectivity index (χ4v) is 2.46. The minimum atomic E-state index is -1.43. The number of hydrogen-bond acceptors (Lipinski definition) is 5. The van der Waals surface area contributed by atoms with E-state index in [2.05, 4.69) is 6.07 Å². The molecule has 6 nitrogen and oxygen atoms in total. The van der Waals surface area contributed by atoms with E-state index in [-0.39, 0.29) is 6.54 Å². The summed E-state index contributed by atoms with van der Waals surface area (Å²) in [7, 11) is 0. The number of hydrogen-bond donors (Lipinski definition) is 2. The molecule has 1 heterocycles. The average Bonchev–Trinajstić information content (AvgIpc) is 2.47. The van der Waals surface area contributed by atoms with Gasteiger partial charge in [-0.25, -0.2) is 0 Å². The van der Waals surface area contributed by atoms with E-state index in [1.807, 2.05) is 4.90 Å². The fourth-order valence-electron chi connectivity index (χ4n) is 2.46. The number of carbonyl (C=O) groups excluding carboxylic acids is 1. The summed E-state index contributed by atoms with van der Waals surface area (Å²) in [6.07, 6.45) is 1.13. The van der Waals surface area contributed by atoms with Gasteiger partial charge in [0.05, 0.1) is 11.6 Å². The lowest BCUT2D eigenvalue weighted by Gasteiger charge is -2.36. The lowest BCUT2D eigenvalue weighted by Crippen LogP contribution is -2.56. The second-order valence-electron chi connectivity index (χ2n) is 5.26. The first kappa shape index (κ1) is 15.3. The SMILES string of the molecule is N#Cc1cccc(OCCN2CCC[C@](O)(C(N)=O)C2)c1. The first-order chi connectivity index (χ1) is 10.0. The number of β-amino-alcohol motifs (C(OH)–C–C–N with tert-alkyl or cyclic N) is 1. The topological polar surface area (TPSA) is 99.6 Å². The Morgan fingerprint density at radius 1 is 1.57 bits per heavy atom. The van der Waals surface area contributed by atoms with E-state index in [0.29, 0.717) is 30.9 Å². The molecule has 0 bridgehead atoms. The van der Waals surface area contributed by atoms with E-state index in [0.717, 1.165) is 13.0 Å². The lowest BCUT2D eigenvalue weighted by atomic mass is 9.92. The van der Waals surface area contributed by atoms with E-state index in [1.54, 1.807) is 24.3 Å². The van der Waals surface area contributed by atoms with Crippen LogP contribution >= 0.6 is 0 Å². The maximum atomic E-state index is 11.3. The number of nitrogens with zero attached hydrogens (tertiary/aromatic N) is 2. The van der Waals surface area contributed by atoms with Gasteiger partial charge in [-0.2, -0.15) is 5.26 Å². The van der Waals surface area contributed by atoms with Crippen LogP contribution in [0.5, 0.6) is 5.75 Å². The van der Waals surface area contributed by atoms with Crippen molar-refractivity contribution in [2.24, 2.45) is 5.73 Å². The third-order valence-electron chi connectivity index (χ3n) is 3.65. The third kappa shape index (κ3) is 3.94. The molecular formula is C15H19N3O3. The summed E-state index contributed by atoms with van der Waals surface area (Å²) in [5.74, 6) is -0.0361. The minimum absolute atomic E-state index is 0.240. The van der Waals surface area contributed by atoms with Gasteiger partial charge in [-0.15, -0.1) is 0 Å². The highest BCUT2D eigenvalue weighted by atomic mass is 16.5. The lowest BCUT2D eigenvalue weighted by molar-refractivity contribution is -0.142. The second-order valence-corrected chi connectivity index (χ2v) is 5.26. The van der Waals surface area contributed by atoms with Crippen molar-refractivity contribution in [3.63, 3.8) is 0 Å². The van der Waals surface area contributed by atoms with Crippen molar-refractivity contribution in [3.05, 3.63) is 29.8 Å². The Morgan fingerprint density at radius 2 is 2.38 bits per heavy atom. The molecule has 0 spiro atoms. The van der Waals surface area contributed by atoms with Gasteiger partial charge in [0, 0.05) is 13.1 Å². The highest BCUT2D eigenvalue weighted by Gasteiger charge is 2.38. The molecule has 3 N–H and O–H groups in total. The Morgan fingerprint density at radius 3 is 3.10 bits per heavy atom. The quantitative estimate of drug-likeness (QED) is 0.809. The number of rotatable bonds is 5. The number of piperidine rings is 1. The summed E-state index contributed by atoms with van der Waals surface area (Å²) in [5.41, 5.74) is 4.36. The van der Waals surface area contributed by atoms with E-state index in [4.69, 9.17) is 15.7 Å². The van der Waals surface area contributed by atoms with Gasteiger partial charge in [-0.3, -0.25) is 9.69 Å². The van der Waals surface area contributed by atoms with Gasteiger partial charge in [-0.05, 0) is 37.6 Å². The predicted molar refractivity (Wildman–Crippen MR) is 76.5 cm³/mol. The summed E-state index contributed by atoms with van der Waals surface area (Å²) < 4.78 is 5.59. The number of likely N-dealkylation sites (tertiary alicyclic amines) is 1. The molecule has 6 heteroatoms. The molecule has 0 radical (unpaired) electrons. The zero-order valence-electron chi connectivity index (χ0n) is 11.8. The zero-order chi connectivity index (χ0) is 15.3. The van der Waals surface area contributed by atoms with Crippen molar-refractivity contribution in [1.29, 1.82) is 5.26 Å². The van der Waals surface area contributed by atoms with Gasteiger partial charge in [0.2, 0.25) is 0 Å². The molecule has 1 atom stereocenters. The van der Waals surface area contributed by atoms with Gasteiger partial charge in [-0.1, -0.05) is 6.07 Å². The zero-order valence-corrected chi connectivity index (χ0v) is 11.8. The number of nitriles is 1. The number of benzene rings is 1. The Hall–Kier alpha value is -2.10. The fraction of sp³-hybridized carbons (Fsp3) is 0.467. The highest BCUT2D eigenvalue weighted by molar-refractivity contribution is 5.83. The van der Waals surface area contributed by atoms with Crippen molar-refractivity contribution in [3.8, 4) is 11.8 Å². The maximum absolute atomic E-state index is 11.3. The van der Waals surface area contributed by atoms with Crippen molar-refractivity contribution in [2.45, 2.75) is 18.4 Å². The summed E-state index contributed by atoms with van der Waals surface area (Å²) in [4.78, 5) is 13.2. The molecule has 0 saturated carbocycles. The van der Waals surface area contributed by atoms with Crippen LogP contribution in [-0.2, 0) is 4.79 Å². The Labute approximate surface area is 123 Å². The maximum Gasteiger partial charge on any atom is 0.250 e. The molecule has 1 aliphatic rings. The van der Waals surface area contributed by atoms with Crippen LogP contribution < -0.4 is 10.5 Å². The monoisotopic (exact) mass is 289 g/mol. The molecule has 1 aromatic carbocycles. The number of primary amides is 1. The molecular weight excluding hydrogens is 270 g/mol. The molecule has 1 aliphatic heterocycles. The van der Waals surface area contributed by atoms with Crippen LogP contribution in [0.1, 0.15) is 18.4 Å². The minimum Gasteiger partial charge on any atom is -0.492 e. The van der Waals surface area contributed by atoms with E-state index < -0.39 is 11.5 Å². The van der Waals surface area contributed by atoms with Crippen LogP contribution in [0.3, 0.4) is 0 Å². The number of carbonyl (C=O) groups is 1. The van der Waals surface area contributed by atoms with E-state index >= 15 is 0 Å². The van der Waals surface area contributed by atoms with Crippen LogP contribution in [0, 0.1) is 11.3 Å². The van der Waals surface area contributed by atoms with Gasteiger partial charge in [0.25, 0.3) is 5.91 Å². The third-order valence-corrected chi connectivity index (χ3v) is 3.65. The molecule has 21 heavy (non-hydrogen) atoms. The Bertz CT molecular complexity index is 555. The van der Waals surface area contributed by atoms with Crippen LogP contribution in [0.4, 0.5) is 0 Å². The molecule has 1 saturated heterocycles. The van der Waals surface area contributed by atoms with Crippen LogP contribution in [0.25, 0.3) is 0 Å². The van der Waals surface area contributed by atoms with Crippen LogP contribution in [-0.4, -0.2) is 47.8 Å². The molecule has 1 aromatic rings.